The third-order valence-electron chi connectivity index (χ3n) is 6.25. The minimum Gasteiger partial charge on any atom is -0.507 e. The van der Waals surface area contributed by atoms with Gasteiger partial charge in [-0.15, -0.1) is 0 Å². The number of piperazine rings is 1. The molecule has 3 aliphatic rings. The Morgan fingerprint density at radius 1 is 1.31 bits per heavy atom. The van der Waals surface area contributed by atoms with Gasteiger partial charge >= 0.3 is 0 Å². The Morgan fingerprint density at radius 2 is 2.16 bits per heavy atom. The van der Waals surface area contributed by atoms with Gasteiger partial charge in [0.25, 0.3) is 0 Å². The number of phenols is 1. The molecule has 3 aromatic rings. The van der Waals surface area contributed by atoms with E-state index in [4.69, 9.17) is 16.3 Å². The van der Waals surface area contributed by atoms with Gasteiger partial charge in [-0.1, -0.05) is 17.7 Å². The van der Waals surface area contributed by atoms with Crippen LogP contribution >= 0.6 is 11.6 Å². The molecular formula is C22H19ClFN5O3. The number of hydrogen-bond donors (Lipinski definition) is 2. The Balaban J connectivity index is 1.46. The SMILES string of the molecule is O=C([C@@H]1CN1)N1CCN2c3ncnc4cc(-c5c(O)cccc5F)c(Cl)c(c34)OC[C@@H]2C1. The van der Waals surface area contributed by atoms with E-state index in [9.17, 15) is 14.3 Å². The maximum absolute atomic E-state index is 14.6. The van der Waals surface area contributed by atoms with Gasteiger partial charge in [0, 0.05) is 31.7 Å². The molecular weight excluding hydrogens is 437 g/mol. The first-order valence-electron chi connectivity index (χ1n) is 10.4. The summed E-state index contributed by atoms with van der Waals surface area (Å²) in [5.74, 6) is 0.321. The van der Waals surface area contributed by atoms with Crippen LogP contribution in [0.5, 0.6) is 11.5 Å². The maximum Gasteiger partial charge on any atom is 0.241 e. The van der Waals surface area contributed by atoms with Gasteiger partial charge in [-0.05, 0) is 18.2 Å². The predicted molar refractivity (Wildman–Crippen MR) is 117 cm³/mol. The summed E-state index contributed by atoms with van der Waals surface area (Å²) < 4.78 is 20.8. The molecule has 2 saturated heterocycles. The van der Waals surface area contributed by atoms with E-state index in [1.54, 1.807) is 6.07 Å². The lowest BCUT2D eigenvalue weighted by molar-refractivity contribution is -0.131. The number of halogens is 2. The van der Waals surface area contributed by atoms with Gasteiger partial charge < -0.3 is 25.0 Å². The fourth-order valence-electron chi connectivity index (χ4n) is 4.57. The number of rotatable bonds is 2. The second-order valence-electron chi connectivity index (χ2n) is 8.20. The Kier molecular flexibility index (Phi) is 4.38. The zero-order chi connectivity index (χ0) is 22.0. The van der Waals surface area contributed by atoms with E-state index >= 15 is 0 Å². The summed E-state index contributed by atoms with van der Waals surface area (Å²) in [5, 5.41) is 14.2. The molecule has 0 radical (unpaired) electrons. The zero-order valence-electron chi connectivity index (χ0n) is 16.9. The summed E-state index contributed by atoms with van der Waals surface area (Å²) >= 11 is 6.72. The molecule has 10 heteroatoms. The highest BCUT2D eigenvalue weighted by Gasteiger charge is 2.39. The van der Waals surface area contributed by atoms with Gasteiger partial charge in [0.1, 0.15) is 30.3 Å². The van der Waals surface area contributed by atoms with Crippen LogP contribution in [0, 0.1) is 5.82 Å². The number of amides is 1. The average molecular weight is 456 g/mol. The third-order valence-corrected chi connectivity index (χ3v) is 6.63. The molecule has 0 aliphatic carbocycles. The number of aromatic hydroxyl groups is 1. The summed E-state index contributed by atoms with van der Waals surface area (Å²) in [6.07, 6.45) is 1.45. The summed E-state index contributed by atoms with van der Waals surface area (Å²) in [6.45, 7) is 2.70. The van der Waals surface area contributed by atoms with Crippen molar-refractivity contribution in [1.29, 1.82) is 0 Å². The summed E-state index contributed by atoms with van der Waals surface area (Å²) in [4.78, 5) is 25.4. The lowest BCUT2D eigenvalue weighted by atomic mass is 10.0. The molecule has 0 spiro atoms. The monoisotopic (exact) mass is 455 g/mol. The van der Waals surface area contributed by atoms with E-state index in [0.717, 1.165) is 6.54 Å². The zero-order valence-corrected chi connectivity index (χ0v) is 17.6. The van der Waals surface area contributed by atoms with E-state index in [2.05, 4.69) is 20.2 Å². The molecule has 2 N–H and O–H groups in total. The van der Waals surface area contributed by atoms with Crippen LogP contribution in [0.2, 0.25) is 5.02 Å². The summed E-state index contributed by atoms with van der Waals surface area (Å²) in [6, 6.07) is 5.55. The highest BCUT2D eigenvalue weighted by Crippen LogP contribution is 2.47. The second kappa shape index (κ2) is 7.18. The number of benzene rings is 2. The topological polar surface area (TPSA) is 101 Å². The summed E-state index contributed by atoms with van der Waals surface area (Å²) in [7, 11) is 0. The van der Waals surface area contributed by atoms with Crippen LogP contribution in [0.1, 0.15) is 0 Å². The Bertz CT molecular complexity index is 1250. The molecule has 164 valence electrons. The lowest BCUT2D eigenvalue weighted by Crippen LogP contribution is -2.57. The van der Waals surface area contributed by atoms with Crippen LogP contribution in [0.3, 0.4) is 0 Å². The molecule has 0 saturated carbocycles. The first-order valence-corrected chi connectivity index (χ1v) is 10.8. The average Bonchev–Trinajstić information content (AvgIpc) is 3.64. The third kappa shape index (κ3) is 2.96. The van der Waals surface area contributed by atoms with Gasteiger partial charge in [0.2, 0.25) is 5.91 Å². The molecule has 1 aromatic heterocycles. The van der Waals surface area contributed by atoms with Crippen molar-refractivity contribution < 1.29 is 19.0 Å². The number of carbonyl (C=O) groups is 1. The Morgan fingerprint density at radius 3 is 2.94 bits per heavy atom. The van der Waals surface area contributed by atoms with Crippen molar-refractivity contribution >= 4 is 34.2 Å². The standard InChI is InChI=1S/C22H19ClFN5O3/c23-19-12(17-13(24)2-1-3-16(17)30)6-14-18-20(19)32-9-11-8-28(22(31)15-7-25-15)4-5-29(11)21(18)27-10-26-14/h1-3,6,10-11,15,25,30H,4-5,7-9H2/t11-,15-/m0/s1. The van der Waals surface area contributed by atoms with E-state index in [-0.39, 0.29) is 40.9 Å². The van der Waals surface area contributed by atoms with Crippen LogP contribution in [0.15, 0.2) is 30.6 Å². The molecule has 0 unspecified atom stereocenters. The molecule has 3 aliphatic heterocycles. The number of fused-ring (bicyclic) bond motifs is 2. The number of phenolic OH excluding ortho intramolecular Hbond substituents is 1. The molecule has 6 rings (SSSR count). The number of nitrogens with one attached hydrogen (secondary N) is 1. The van der Waals surface area contributed by atoms with Crippen molar-refractivity contribution in [2.75, 3.05) is 37.7 Å². The van der Waals surface area contributed by atoms with Crippen molar-refractivity contribution in [3.05, 3.63) is 41.4 Å². The smallest absolute Gasteiger partial charge is 0.241 e. The number of anilines is 1. The normalized spacial score (nSPS) is 21.7. The van der Waals surface area contributed by atoms with E-state index in [0.29, 0.717) is 47.7 Å². The van der Waals surface area contributed by atoms with Crippen LogP contribution in [0.4, 0.5) is 10.2 Å². The number of ether oxygens (including phenoxy) is 1. The molecule has 32 heavy (non-hydrogen) atoms. The van der Waals surface area contributed by atoms with Gasteiger partial charge in [-0.2, -0.15) is 0 Å². The van der Waals surface area contributed by atoms with Crippen molar-refractivity contribution in [1.82, 2.24) is 20.2 Å². The molecule has 8 nitrogen and oxygen atoms in total. The number of nitrogens with zero attached hydrogens (tertiary/aromatic N) is 4. The van der Waals surface area contributed by atoms with Gasteiger partial charge in [-0.3, -0.25) is 4.79 Å². The van der Waals surface area contributed by atoms with E-state index in [1.165, 1.54) is 24.5 Å². The van der Waals surface area contributed by atoms with Crippen LogP contribution in [-0.2, 0) is 4.79 Å². The molecule has 4 heterocycles. The van der Waals surface area contributed by atoms with Crippen LogP contribution in [0.25, 0.3) is 22.0 Å². The van der Waals surface area contributed by atoms with E-state index < -0.39 is 5.82 Å². The largest absolute Gasteiger partial charge is 0.507 e. The minimum atomic E-state index is -0.596. The number of aromatic nitrogens is 2. The predicted octanol–water partition coefficient (Wildman–Crippen LogP) is 2.18. The number of hydrogen-bond acceptors (Lipinski definition) is 7. The Hall–Kier alpha value is -3.17. The van der Waals surface area contributed by atoms with Crippen molar-refractivity contribution in [2.45, 2.75) is 12.1 Å². The molecule has 2 aromatic carbocycles. The van der Waals surface area contributed by atoms with Crippen molar-refractivity contribution in [2.24, 2.45) is 0 Å². The molecule has 2 fully saturated rings. The molecule has 0 bridgehead atoms. The van der Waals surface area contributed by atoms with Gasteiger partial charge in [0.15, 0.2) is 5.75 Å². The Labute approximate surface area is 187 Å². The quantitative estimate of drug-likeness (QED) is 0.571. The van der Waals surface area contributed by atoms with Crippen molar-refractivity contribution in [3.8, 4) is 22.6 Å². The summed E-state index contributed by atoms with van der Waals surface area (Å²) in [5.41, 5.74) is 0.828. The van der Waals surface area contributed by atoms with Crippen LogP contribution in [-0.4, -0.2) is 70.8 Å². The molecule has 2 atom stereocenters. The fraction of sp³-hybridized carbons (Fsp3) is 0.318. The highest BCUT2D eigenvalue weighted by atomic mass is 35.5. The molecule has 1 amide bonds. The first kappa shape index (κ1) is 19.5. The van der Waals surface area contributed by atoms with Crippen LogP contribution < -0.4 is 15.0 Å². The highest BCUT2D eigenvalue weighted by molar-refractivity contribution is 6.36. The first-order chi connectivity index (χ1) is 15.5. The minimum absolute atomic E-state index is 0.00455. The number of carbonyl (C=O) groups excluding carboxylic acids is 1. The lowest BCUT2D eigenvalue weighted by Gasteiger charge is -2.40. The maximum atomic E-state index is 14.6. The second-order valence-corrected chi connectivity index (χ2v) is 8.57. The van der Waals surface area contributed by atoms with Crippen molar-refractivity contribution in [3.63, 3.8) is 0 Å². The van der Waals surface area contributed by atoms with Gasteiger partial charge in [-0.25, -0.2) is 14.4 Å². The van der Waals surface area contributed by atoms with Gasteiger partial charge in [0.05, 0.1) is 33.6 Å². The van der Waals surface area contributed by atoms with E-state index in [1.807, 2.05) is 4.90 Å². The fourth-order valence-corrected chi connectivity index (χ4v) is 4.87.